The number of fused-ring (bicyclic) bond motifs is 1. The predicted octanol–water partition coefficient (Wildman–Crippen LogP) is 3.39. The minimum atomic E-state index is -0.0736. The highest BCUT2D eigenvalue weighted by molar-refractivity contribution is 5.41. The van der Waals surface area contributed by atoms with Crippen molar-refractivity contribution in [1.82, 2.24) is 5.32 Å². The summed E-state index contributed by atoms with van der Waals surface area (Å²) in [7, 11) is 0. The van der Waals surface area contributed by atoms with Crippen LogP contribution in [0.1, 0.15) is 30.0 Å². The zero-order chi connectivity index (χ0) is 14.8. The van der Waals surface area contributed by atoms with Crippen LogP contribution in [0.5, 0.6) is 11.5 Å². The summed E-state index contributed by atoms with van der Waals surface area (Å²) in [6.45, 7) is 7.43. The Labute approximate surface area is 125 Å². The largest absolute Gasteiger partial charge is 0.486 e. The van der Waals surface area contributed by atoms with Crippen molar-refractivity contribution in [2.24, 2.45) is 0 Å². The molecule has 0 spiro atoms. The lowest BCUT2D eigenvalue weighted by atomic mass is 10.0. The summed E-state index contributed by atoms with van der Waals surface area (Å²) >= 11 is 0. The smallest absolute Gasteiger partial charge is 0.161 e. The predicted molar refractivity (Wildman–Crippen MR) is 81.0 cm³/mol. The number of rotatable bonds is 4. The Morgan fingerprint density at radius 3 is 2.67 bits per heavy atom. The summed E-state index contributed by atoms with van der Waals surface area (Å²) < 4.78 is 17.6. The van der Waals surface area contributed by atoms with Gasteiger partial charge in [0.05, 0.1) is 6.04 Å². The fraction of sp³-hybridized carbons (Fsp3) is 0.412. The summed E-state index contributed by atoms with van der Waals surface area (Å²) in [5.74, 6) is 3.46. The number of benzene rings is 1. The first kappa shape index (κ1) is 14.0. The third kappa shape index (κ3) is 2.76. The molecule has 0 amide bonds. The molecule has 1 aliphatic heterocycles. The van der Waals surface area contributed by atoms with Gasteiger partial charge in [0.15, 0.2) is 17.6 Å². The zero-order valence-electron chi connectivity index (χ0n) is 12.7. The van der Waals surface area contributed by atoms with Gasteiger partial charge in [-0.25, -0.2) is 0 Å². The van der Waals surface area contributed by atoms with E-state index in [4.69, 9.17) is 13.9 Å². The maximum atomic E-state index is 6.14. The fourth-order valence-electron chi connectivity index (χ4n) is 2.82. The van der Waals surface area contributed by atoms with Crippen LogP contribution < -0.4 is 14.8 Å². The molecule has 0 bridgehead atoms. The molecule has 0 aliphatic carbocycles. The highest BCUT2D eigenvalue weighted by atomic mass is 16.6. The molecule has 0 saturated heterocycles. The van der Waals surface area contributed by atoms with Gasteiger partial charge in [0.1, 0.15) is 18.1 Å². The summed E-state index contributed by atoms with van der Waals surface area (Å²) in [4.78, 5) is 0. The van der Waals surface area contributed by atoms with E-state index in [1.807, 2.05) is 38.1 Å². The lowest BCUT2D eigenvalue weighted by Crippen LogP contribution is -2.41. The Morgan fingerprint density at radius 1 is 1.24 bits per heavy atom. The van der Waals surface area contributed by atoms with Crippen LogP contribution in [0.2, 0.25) is 0 Å². The fourth-order valence-corrected chi connectivity index (χ4v) is 2.82. The normalized spacial score (nSPS) is 18.5. The maximum Gasteiger partial charge on any atom is 0.161 e. The molecule has 4 heteroatoms. The number of hydrogen-bond donors (Lipinski definition) is 1. The van der Waals surface area contributed by atoms with E-state index in [9.17, 15) is 0 Å². The standard InChI is InChI=1S/C17H21NO3/c1-4-18-17(13-9-11(2)20-12(13)3)16-10-19-14-7-5-6-8-15(14)21-16/h5-9,16-18H,4,10H2,1-3H3. The Morgan fingerprint density at radius 2 is 2.00 bits per heavy atom. The first-order valence-electron chi connectivity index (χ1n) is 7.38. The molecule has 1 N–H and O–H groups in total. The Bertz CT molecular complexity index is 620. The number of hydrogen-bond acceptors (Lipinski definition) is 4. The molecule has 0 radical (unpaired) electrons. The lowest BCUT2D eigenvalue weighted by Gasteiger charge is -2.32. The molecule has 2 heterocycles. The number of aryl methyl sites for hydroxylation is 2. The van der Waals surface area contributed by atoms with Crippen LogP contribution in [0.4, 0.5) is 0 Å². The van der Waals surface area contributed by atoms with Crippen LogP contribution in [0, 0.1) is 13.8 Å². The SMILES string of the molecule is CCNC(c1cc(C)oc1C)C1COc2ccccc2O1. The summed E-state index contributed by atoms with van der Waals surface area (Å²) in [6, 6.07) is 9.92. The molecular weight excluding hydrogens is 266 g/mol. The third-order valence-electron chi connectivity index (χ3n) is 3.74. The first-order chi connectivity index (χ1) is 10.2. The van der Waals surface area contributed by atoms with Crippen LogP contribution in [0.3, 0.4) is 0 Å². The van der Waals surface area contributed by atoms with Gasteiger partial charge in [0.25, 0.3) is 0 Å². The van der Waals surface area contributed by atoms with Gasteiger partial charge in [-0.3, -0.25) is 0 Å². The molecule has 0 saturated carbocycles. The van der Waals surface area contributed by atoms with Crippen LogP contribution >= 0.6 is 0 Å². The van der Waals surface area contributed by atoms with Crippen LogP contribution in [-0.2, 0) is 0 Å². The Hall–Kier alpha value is -1.94. The lowest BCUT2D eigenvalue weighted by molar-refractivity contribution is 0.0617. The molecule has 1 aromatic heterocycles. The second-order valence-corrected chi connectivity index (χ2v) is 5.32. The molecule has 112 valence electrons. The summed E-state index contributed by atoms with van der Waals surface area (Å²) in [5.41, 5.74) is 1.14. The molecule has 2 aromatic rings. The van der Waals surface area contributed by atoms with Gasteiger partial charge in [-0.05, 0) is 38.6 Å². The number of ether oxygens (including phenoxy) is 2. The number of likely N-dealkylation sites (N-methyl/N-ethyl adjacent to an activating group) is 1. The van der Waals surface area contributed by atoms with Crippen LogP contribution in [-0.4, -0.2) is 19.3 Å². The van der Waals surface area contributed by atoms with Crippen molar-refractivity contribution in [3.63, 3.8) is 0 Å². The van der Waals surface area contributed by atoms with E-state index in [0.717, 1.165) is 35.1 Å². The number of para-hydroxylation sites is 2. The van der Waals surface area contributed by atoms with E-state index in [2.05, 4.69) is 18.3 Å². The van der Waals surface area contributed by atoms with Crippen LogP contribution in [0.15, 0.2) is 34.7 Å². The maximum absolute atomic E-state index is 6.14. The molecular formula is C17H21NO3. The first-order valence-corrected chi connectivity index (χ1v) is 7.38. The Balaban J connectivity index is 1.87. The van der Waals surface area contributed by atoms with Crippen molar-refractivity contribution in [3.05, 3.63) is 47.4 Å². The van der Waals surface area contributed by atoms with E-state index in [-0.39, 0.29) is 12.1 Å². The van der Waals surface area contributed by atoms with E-state index < -0.39 is 0 Å². The van der Waals surface area contributed by atoms with Gasteiger partial charge >= 0.3 is 0 Å². The molecule has 4 nitrogen and oxygen atoms in total. The van der Waals surface area contributed by atoms with Crippen molar-refractivity contribution >= 4 is 0 Å². The topological polar surface area (TPSA) is 43.6 Å². The van der Waals surface area contributed by atoms with E-state index in [0.29, 0.717) is 6.61 Å². The molecule has 2 atom stereocenters. The van der Waals surface area contributed by atoms with Crippen molar-refractivity contribution < 1.29 is 13.9 Å². The number of furan rings is 1. The third-order valence-corrected chi connectivity index (χ3v) is 3.74. The van der Waals surface area contributed by atoms with E-state index in [1.54, 1.807) is 0 Å². The quantitative estimate of drug-likeness (QED) is 0.936. The monoisotopic (exact) mass is 287 g/mol. The molecule has 1 aromatic carbocycles. The van der Waals surface area contributed by atoms with Gasteiger partial charge in [0, 0.05) is 5.56 Å². The minimum absolute atomic E-state index is 0.0563. The van der Waals surface area contributed by atoms with Gasteiger partial charge < -0.3 is 19.2 Å². The number of nitrogens with one attached hydrogen (secondary N) is 1. The molecule has 21 heavy (non-hydrogen) atoms. The van der Waals surface area contributed by atoms with Crippen molar-refractivity contribution in [1.29, 1.82) is 0 Å². The van der Waals surface area contributed by atoms with E-state index in [1.165, 1.54) is 0 Å². The second-order valence-electron chi connectivity index (χ2n) is 5.32. The highest BCUT2D eigenvalue weighted by Gasteiger charge is 2.31. The van der Waals surface area contributed by atoms with Gasteiger partial charge in [-0.15, -0.1) is 0 Å². The zero-order valence-corrected chi connectivity index (χ0v) is 12.7. The average molecular weight is 287 g/mol. The van der Waals surface area contributed by atoms with Crippen molar-refractivity contribution in [2.45, 2.75) is 32.9 Å². The van der Waals surface area contributed by atoms with Gasteiger partial charge in [-0.2, -0.15) is 0 Å². The minimum Gasteiger partial charge on any atom is -0.486 e. The molecule has 3 rings (SSSR count). The van der Waals surface area contributed by atoms with Crippen molar-refractivity contribution in [2.75, 3.05) is 13.2 Å². The summed E-state index contributed by atoms with van der Waals surface area (Å²) in [6.07, 6.45) is -0.0736. The molecule has 1 aliphatic rings. The second kappa shape index (κ2) is 5.82. The van der Waals surface area contributed by atoms with Crippen molar-refractivity contribution in [3.8, 4) is 11.5 Å². The van der Waals surface area contributed by atoms with Gasteiger partial charge in [-0.1, -0.05) is 19.1 Å². The van der Waals surface area contributed by atoms with E-state index >= 15 is 0 Å². The highest BCUT2D eigenvalue weighted by Crippen LogP contribution is 2.35. The Kier molecular flexibility index (Phi) is 3.88. The molecule has 0 fully saturated rings. The molecule has 2 unspecified atom stereocenters. The average Bonchev–Trinajstić information content (AvgIpc) is 2.83. The van der Waals surface area contributed by atoms with Gasteiger partial charge in [0.2, 0.25) is 0 Å². The summed E-state index contributed by atoms with van der Waals surface area (Å²) in [5, 5.41) is 3.49. The van der Waals surface area contributed by atoms with Crippen LogP contribution in [0.25, 0.3) is 0 Å².